The van der Waals surface area contributed by atoms with Gasteiger partial charge in [0.15, 0.2) is 0 Å². The molecule has 0 spiro atoms. The number of nitrogens with zero attached hydrogens (tertiary/aromatic N) is 2. The Labute approximate surface area is 135 Å². The molecule has 0 amide bonds. The van der Waals surface area contributed by atoms with Crippen molar-refractivity contribution in [3.63, 3.8) is 0 Å². The minimum Gasteiger partial charge on any atom is -0.546 e. The molecule has 22 heavy (non-hydrogen) atoms. The molecule has 1 rings (SSSR count). The minimum absolute atomic E-state index is 0.0419. The summed E-state index contributed by atoms with van der Waals surface area (Å²) < 4.78 is 3.94. The normalized spacial score (nSPS) is 11.0. The number of imidazole rings is 1. The Morgan fingerprint density at radius 3 is 2.18 bits per heavy atom. The van der Waals surface area contributed by atoms with E-state index in [4.69, 9.17) is 0 Å². The van der Waals surface area contributed by atoms with Crippen LogP contribution in [0.15, 0.2) is 12.4 Å². The molecular formula is C18H32N2O2. The van der Waals surface area contributed by atoms with Crippen LogP contribution in [0.2, 0.25) is 0 Å². The van der Waals surface area contributed by atoms with Gasteiger partial charge in [0.1, 0.15) is 18.9 Å². The molecule has 0 bridgehead atoms. The van der Waals surface area contributed by atoms with Gasteiger partial charge in [0.05, 0.1) is 12.5 Å². The number of rotatable bonds is 13. The van der Waals surface area contributed by atoms with E-state index in [9.17, 15) is 9.90 Å². The molecule has 0 N–H and O–H groups in total. The lowest BCUT2D eigenvalue weighted by atomic mass is 10.1. The third-order valence-corrected chi connectivity index (χ3v) is 4.23. The molecule has 126 valence electrons. The molecule has 4 heteroatoms. The molecule has 1 aromatic rings. The summed E-state index contributed by atoms with van der Waals surface area (Å²) in [5, 5.41) is 10.8. The van der Waals surface area contributed by atoms with Gasteiger partial charge in [-0.2, -0.15) is 0 Å². The van der Waals surface area contributed by atoms with Crippen LogP contribution in [0.1, 0.15) is 77.5 Å². The van der Waals surface area contributed by atoms with Gasteiger partial charge in [0, 0.05) is 6.42 Å². The van der Waals surface area contributed by atoms with Crippen molar-refractivity contribution in [2.24, 2.45) is 0 Å². The van der Waals surface area contributed by atoms with Gasteiger partial charge in [-0.1, -0.05) is 58.3 Å². The predicted molar refractivity (Wildman–Crippen MR) is 86.2 cm³/mol. The van der Waals surface area contributed by atoms with Crippen LogP contribution in [0.4, 0.5) is 0 Å². The van der Waals surface area contributed by atoms with Crippen LogP contribution in [-0.2, 0) is 24.3 Å². The number of carboxylic acid groups (broad SMARTS) is 1. The van der Waals surface area contributed by atoms with Gasteiger partial charge < -0.3 is 9.90 Å². The van der Waals surface area contributed by atoms with E-state index in [0.29, 0.717) is 0 Å². The van der Waals surface area contributed by atoms with Crippen molar-refractivity contribution in [3.8, 4) is 0 Å². The van der Waals surface area contributed by atoms with Crippen molar-refractivity contribution >= 4 is 5.97 Å². The number of hydrogen-bond acceptors (Lipinski definition) is 2. The molecule has 0 saturated heterocycles. The molecule has 0 unspecified atom stereocenters. The zero-order valence-electron chi connectivity index (χ0n) is 14.4. The highest BCUT2D eigenvalue weighted by Gasteiger charge is 2.15. The summed E-state index contributed by atoms with van der Waals surface area (Å²) >= 11 is 0. The smallest absolute Gasteiger partial charge is 0.256 e. The molecule has 0 aliphatic rings. The largest absolute Gasteiger partial charge is 0.546 e. The van der Waals surface area contributed by atoms with E-state index >= 15 is 0 Å². The van der Waals surface area contributed by atoms with Crippen molar-refractivity contribution < 1.29 is 14.5 Å². The van der Waals surface area contributed by atoms with Gasteiger partial charge in [0.25, 0.3) is 5.82 Å². The van der Waals surface area contributed by atoms with Gasteiger partial charge in [-0.15, -0.1) is 0 Å². The van der Waals surface area contributed by atoms with Crippen molar-refractivity contribution in [2.45, 2.75) is 91.1 Å². The molecular weight excluding hydrogens is 276 g/mol. The first-order chi connectivity index (χ1) is 10.7. The summed E-state index contributed by atoms with van der Waals surface area (Å²) in [4.78, 5) is 10.8. The van der Waals surface area contributed by atoms with E-state index in [1.807, 2.05) is 17.0 Å². The fourth-order valence-corrected chi connectivity index (χ4v) is 2.95. The molecule has 1 aromatic heterocycles. The van der Waals surface area contributed by atoms with E-state index in [0.717, 1.165) is 25.2 Å². The molecule has 0 fully saturated rings. The fourth-order valence-electron chi connectivity index (χ4n) is 2.95. The lowest BCUT2D eigenvalue weighted by Gasteiger charge is -2.05. The Kier molecular flexibility index (Phi) is 9.60. The first-order valence-corrected chi connectivity index (χ1v) is 8.96. The van der Waals surface area contributed by atoms with Crippen LogP contribution >= 0.6 is 0 Å². The zero-order chi connectivity index (χ0) is 16.2. The van der Waals surface area contributed by atoms with E-state index < -0.39 is 5.97 Å². The van der Waals surface area contributed by atoms with Gasteiger partial charge >= 0.3 is 0 Å². The molecule has 0 aliphatic carbocycles. The topological polar surface area (TPSA) is 48.9 Å². The van der Waals surface area contributed by atoms with Crippen LogP contribution < -0.4 is 9.67 Å². The summed E-state index contributed by atoms with van der Waals surface area (Å²) in [6.07, 6.45) is 16.5. The molecule has 1 heterocycles. The first-order valence-electron chi connectivity index (χ1n) is 8.96. The molecule has 0 aliphatic heterocycles. The van der Waals surface area contributed by atoms with Crippen LogP contribution in [0.5, 0.6) is 0 Å². The SMILES string of the molecule is CCCCCCCCCCCc1n(CC)cc[n+]1CC(=O)[O-]. The van der Waals surface area contributed by atoms with Gasteiger partial charge in [-0.05, 0) is 13.3 Å². The molecule has 0 atom stereocenters. The third kappa shape index (κ3) is 7.10. The average Bonchev–Trinajstić information content (AvgIpc) is 2.87. The van der Waals surface area contributed by atoms with Crippen LogP contribution in [0.25, 0.3) is 0 Å². The fraction of sp³-hybridized carbons (Fsp3) is 0.778. The van der Waals surface area contributed by atoms with Crippen molar-refractivity contribution in [3.05, 3.63) is 18.2 Å². The third-order valence-electron chi connectivity index (χ3n) is 4.23. The second-order valence-corrected chi connectivity index (χ2v) is 6.08. The molecule has 0 saturated carbocycles. The minimum atomic E-state index is -1.02. The summed E-state index contributed by atoms with van der Waals surface area (Å²) in [5.41, 5.74) is 0. The van der Waals surface area contributed by atoms with Gasteiger partial charge in [-0.25, -0.2) is 9.13 Å². The van der Waals surface area contributed by atoms with E-state index in [1.165, 1.54) is 51.4 Å². The van der Waals surface area contributed by atoms with E-state index in [1.54, 1.807) is 0 Å². The Balaban J connectivity index is 2.23. The number of aromatic nitrogens is 2. The lowest BCUT2D eigenvalue weighted by Crippen LogP contribution is -2.45. The molecule has 0 radical (unpaired) electrons. The standard InChI is InChI=1S/C18H32N2O2/c1-3-5-6-7-8-9-10-11-12-13-17-19(4-2)14-15-20(17)16-18(21)22/h14-15H,3-13,16H2,1-2H3. The zero-order valence-corrected chi connectivity index (χ0v) is 14.4. The number of carbonyl (C=O) groups excluding carboxylic acids is 1. The predicted octanol–water partition coefficient (Wildman–Crippen LogP) is 2.62. The van der Waals surface area contributed by atoms with Crippen LogP contribution in [0.3, 0.4) is 0 Å². The maximum Gasteiger partial charge on any atom is 0.256 e. The Bertz CT molecular complexity index is 427. The van der Waals surface area contributed by atoms with Crippen LogP contribution in [-0.4, -0.2) is 10.5 Å². The van der Waals surface area contributed by atoms with Gasteiger partial charge in [-0.3, -0.25) is 0 Å². The summed E-state index contributed by atoms with van der Waals surface area (Å²) in [5.74, 6) is 0.0850. The van der Waals surface area contributed by atoms with Gasteiger partial charge in [0.2, 0.25) is 0 Å². The quantitative estimate of drug-likeness (QED) is 0.415. The van der Waals surface area contributed by atoms with E-state index in [2.05, 4.69) is 18.4 Å². The second-order valence-electron chi connectivity index (χ2n) is 6.08. The number of carbonyl (C=O) groups is 1. The Morgan fingerprint density at radius 2 is 1.64 bits per heavy atom. The van der Waals surface area contributed by atoms with Crippen molar-refractivity contribution in [2.75, 3.05) is 0 Å². The number of aliphatic carboxylic acids is 1. The number of aryl methyl sites for hydroxylation is 1. The highest BCUT2D eigenvalue weighted by Crippen LogP contribution is 2.11. The lowest BCUT2D eigenvalue weighted by molar-refractivity contribution is -0.697. The second kappa shape index (κ2) is 11.3. The van der Waals surface area contributed by atoms with E-state index in [-0.39, 0.29) is 6.54 Å². The van der Waals surface area contributed by atoms with Crippen molar-refractivity contribution in [1.82, 2.24) is 4.57 Å². The summed E-state index contributed by atoms with van der Waals surface area (Å²) in [6, 6.07) is 0. The molecule has 4 nitrogen and oxygen atoms in total. The highest BCUT2D eigenvalue weighted by molar-refractivity contribution is 5.62. The maximum atomic E-state index is 10.8. The summed E-state index contributed by atoms with van der Waals surface area (Å²) in [6.45, 7) is 5.18. The Morgan fingerprint density at radius 1 is 1.05 bits per heavy atom. The van der Waals surface area contributed by atoms with Crippen molar-refractivity contribution in [1.29, 1.82) is 0 Å². The number of carboxylic acids is 1. The highest BCUT2D eigenvalue weighted by atomic mass is 16.4. The monoisotopic (exact) mass is 308 g/mol. The van der Waals surface area contributed by atoms with Crippen LogP contribution in [0, 0.1) is 0 Å². The average molecular weight is 308 g/mol. The maximum absolute atomic E-state index is 10.8. The molecule has 0 aromatic carbocycles. The number of unbranched alkanes of at least 4 members (excludes halogenated alkanes) is 8. The first kappa shape index (κ1) is 18.7. The summed E-state index contributed by atoms with van der Waals surface area (Å²) in [7, 11) is 0. The Hall–Kier alpha value is -1.32. The number of hydrogen-bond donors (Lipinski definition) is 0.